The maximum absolute atomic E-state index is 11.3. The lowest BCUT2D eigenvalue weighted by Gasteiger charge is -2.08. The van der Waals surface area contributed by atoms with E-state index in [0.29, 0.717) is 23.8 Å². The van der Waals surface area contributed by atoms with E-state index in [1.54, 1.807) is 0 Å². The number of rotatable bonds is 4. The van der Waals surface area contributed by atoms with Crippen molar-refractivity contribution in [3.8, 4) is 0 Å². The number of carbonyl (C=O) groups excluding carboxylic acids is 1. The van der Waals surface area contributed by atoms with E-state index >= 15 is 0 Å². The van der Waals surface area contributed by atoms with Crippen LogP contribution in [0.5, 0.6) is 0 Å². The number of alkyl halides is 1. The Morgan fingerprint density at radius 3 is 2.62 bits per heavy atom. The van der Waals surface area contributed by atoms with Gasteiger partial charge in [-0.3, -0.25) is 4.79 Å². The van der Waals surface area contributed by atoms with Crippen molar-refractivity contribution in [2.45, 2.75) is 12.8 Å². The van der Waals surface area contributed by atoms with Gasteiger partial charge in [0, 0.05) is 18.0 Å². The smallest absolute Gasteiger partial charge is 0.226 e. The van der Waals surface area contributed by atoms with E-state index in [9.17, 15) is 4.79 Å². The van der Waals surface area contributed by atoms with Crippen LogP contribution >= 0.6 is 23.8 Å². The van der Waals surface area contributed by atoms with Gasteiger partial charge in [0.15, 0.2) is 5.11 Å². The largest absolute Gasteiger partial charge is 0.332 e. The van der Waals surface area contributed by atoms with Gasteiger partial charge in [-0.05, 0) is 30.8 Å². The molecule has 0 radical (unpaired) electrons. The summed E-state index contributed by atoms with van der Waals surface area (Å²) in [6, 6.07) is 9.43. The van der Waals surface area contributed by atoms with Crippen LogP contribution in [0.25, 0.3) is 0 Å². The van der Waals surface area contributed by atoms with Gasteiger partial charge in [0.1, 0.15) is 0 Å². The Hall–Kier alpha value is -1.13. The van der Waals surface area contributed by atoms with Gasteiger partial charge >= 0.3 is 0 Å². The highest BCUT2D eigenvalue weighted by Crippen LogP contribution is 2.04. The van der Waals surface area contributed by atoms with Gasteiger partial charge in [0.05, 0.1) is 0 Å². The molecule has 0 fully saturated rings. The quantitative estimate of drug-likeness (QED) is 0.643. The van der Waals surface area contributed by atoms with Crippen molar-refractivity contribution in [3.63, 3.8) is 0 Å². The van der Waals surface area contributed by atoms with Crippen LogP contribution in [0.2, 0.25) is 0 Å². The molecule has 0 atom stereocenters. The van der Waals surface area contributed by atoms with E-state index in [0.717, 1.165) is 5.69 Å². The minimum absolute atomic E-state index is 0.117. The molecule has 0 aliphatic rings. The van der Waals surface area contributed by atoms with Crippen LogP contribution in [0.3, 0.4) is 0 Å². The molecule has 0 saturated heterocycles. The molecule has 5 heteroatoms. The van der Waals surface area contributed by atoms with Crippen molar-refractivity contribution in [1.29, 1.82) is 0 Å². The molecule has 0 aliphatic carbocycles. The van der Waals surface area contributed by atoms with Crippen LogP contribution in [0, 0.1) is 0 Å². The average Bonchev–Trinajstić information content (AvgIpc) is 2.27. The molecular weight excluding hydrogens is 244 g/mol. The van der Waals surface area contributed by atoms with E-state index in [2.05, 4.69) is 10.6 Å². The number of carbonyl (C=O) groups is 1. The summed E-state index contributed by atoms with van der Waals surface area (Å²) in [7, 11) is 0. The molecule has 2 N–H and O–H groups in total. The van der Waals surface area contributed by atoms with Crippen molar-refractivity contribution in [2.24, 2.45) is 0 Å². The zero-order chi connectivity index (χ0) is 11.8. The number of benzene rings is 1. The molecular formula is C11H13ClN2OS. The Morgan fingerprint density at radius 2 is 2.00 bits per heavy atom. The number of thiocarbonyl (C=S) groups is 1. The summed E-state index contributed by atoms with van der Waals surface area (Å²) < 4.78 is 0. The summed E-state index contributed by atoms with van der Waals surface area (Å²) in [5, 5.41) is 5.81. The second kappa shape index (κ2) is 7.19. The van der Waals surface area contributed by atoms with Gasteiger partial charge < -0.3 is 10.6 Å². The van der Waals surface area contributed by atoms with E-state index in [1.807, 2.05) is 30.3 Å². The number of hydrogen-bond acceptors (Lipinski definition) is 2. The molecule has 0 spiro atoms. The molecule has 1 aromatic rings. The Morgan fingerprint density at radius 1 is 1.31 bits per heavy atom. The fourth-order valence-corrected chi connectivity index (χ4v) is 1.47. The summed E-state index contributed by atoms with van der Waals surface area (Å²) in [6.07, 6.45) is 1.04. The number of amides is 1. The fraction of sp³-hybridized carbons (Fsp3) is 0.273. The number of halogens is 1. The number of nitrogens with one attached hydrogen (secondary N) is 2. The van der Waals surface area contributed by atoms with Gasteiger partial charge in [0.25, 0.3) is 0 Å². The number of para-hydroxylation sites is 1. The zero-order valence-electron chi connectivity index (χ0n) is 8.70. The summed E-state index contributed by atoms with van der Waals surface area (Å²) in [5.74, 6) is 0.362. The second-order valence-corrected chi connectivity index (χ2v) is 3.95. The van der Waals surface area contributed by atoms with Crippen LogP contribution in [-0.4, -0.2) is 16.9 Å². The Kier molecular flexibility index (Phi) is 5.82. The van der Waals surface area contributed by atoms with Gasteiger partial charge in [-0.2, -0.15) is 0 Å². The maximum Gasteiger partial charge on any atom is 0.226 e. The van der Waals surface area contributed by atoms with Gasteiger partial charge in [-0.25, -0.2) is 0 Å². The number of hydrogen-bond donors (Lipinski definition) is 2. The third kappa shape index (κ3) is 5.09. The average molecular weight is 257 g/mol. The monoisotopic (exact) mass is 256 g/mol. The van der Waals surface area contributed by atoms with Crippen LogP contribution in [0.1, 0.15) is 12.8 Å². The molecule has 16 heavy (non-hydrogen) atoms. The van der Waals surface area contributed by atoms with Gasteiger partial charge in [-0.1, -0.05) is 18.2 Å². The SMILES string of the molecule is O=C(CCCCl)NC(=S)Nc1ccccc1. The molecule has 86 valence electrons. The molecule has 1 amide bonds. The molecule has 1 aromatic carbocycles. The first kappa shape index (κ1) is 12.9. The molecule has 0 bridgehead atoms. The van der Waals surface area contributed by atoms with Crippen molar-refractivity contribution >= 4 is 40.5 Å². The molecule has 0 aromatic heterocycles. The Bertz CT molecular complexity index is 356. The molecule has 0 unspecified atom stereocenters. The fourth-order valence-electron chi connectivity index (χ4n) is 1.10. The highest BCUT2D eigenvalue weighted by molar-refractivity contribution is 7.80. The van der Waals surface area contributed by atoms with Crippen molar-refractivity contribution < 1.29 is 4.79 Å². The lowest BCUT2D eigenvalue weighted by Crippen LogP contribution is -2.33. The number of anilines is 1. The van der Waals surface area contributed by atoms with Gasteiger partial charge in [-0.15, -0.1) is 11.6 Å². The van der Waals surface area contributed by atoms with Crippen LogP contribution in [-0.2, 0) is 4.79 Å². The first-order valence-corrected chi connectivity index (χ1v) is 5.88. The Balaban J connectivity index is 2.34. The van der Waals surface area contributed by atoms with Crippen molar-refractivity contribution in [1.82, 2.24) is 5.32 Å². The van der Waals surface area contributed by atoms with Crippen molar-refractivity contribution in [3.05, 3.63) is 30.3 Å². The summed E-state index contributed by atoms with van der Waals surface area (Å²) in [6.45, 7) is 0. The topological polar surface area (TPSA) is 41.1 Å². The molecule has 0 saturated carbocycles. The minimum atomic E-state index is -0.117. The van der Waals surface area contributed by atoms with E-state index in [1.165, 1.54) is 0 Å². The normalized spacial score (nSPS) is 9.56. The second-order valence-electron chi connectivity index (χ2n) is 3.16. The van der Waals surface area contributed by atoms with Crippen LogP contribution < -0.4 is 10.6 Å². The standard InChI is InChI=1S/C11H13ClN2OS/c12-8-4-7-10(15)14-11(16)13-9-5-2-1-3-6-9/h1-3,5-6H,4,7-8H2,(H2,13,14,15,16). The maximum atomic E-state index is 11.3. The van der Waals surface area contributed by atoms with Crippen LogP contribution in [0.4, 0.5) is 5.69 Å². The third-order valence-corrected chi connectivity index (χ3v) is 2.29. The van der Waals surface area contributed by atoms with E-state index in [4.69, 9.17) is 23.8 Å². The first-order chi connectivity index (χ1) is 7.72. The van der Waals surface area contributed by atoms with E-state index < -0.39 is 0 Å². The third-order valence-electron chi connectivity index (χ3n) is 1.82. The van der Waals surface area contributed by atoms with Crippen LogP contribution in [0.15, 0.2) is 30.3 Å². The summed E-state index contributed by atoms with van der Waals surface area (Å²) in [5.41, 5.74) is 0.852. The Labute approximate surface area is 105 Å². The minimum Gasteiger partial charge on any atom is -0.332 e. The molecule has 1 rings (SSSR count). The van der Waals surface area contributed by atoms with E-state index in [-0.39, 0.29) is 5.91 Å². The highest BCUT2D eigenvalue weighted by Gasteiger charge is 2.03. The van der Waals surface area contributed by atoms with Gasteiger partial charge in [0.2, 0.25) is 5.91 Å². The summed E-state index contributed by atoms with van der Waals surface area (Å²) >= 11 is 10.5. The lowest BCUT2D eigenvalue weighted by atomic mass is 10.3. The summed E-state index contributed by atoms with van der Waals surface area (Å²) in [4.78, 5) is 11.3. The molecule has 3 nitrogen and oxygen atoms in total. The lowest BCUT2D eigenvalue weighted by molar-refractivity contribution is -0.119. The molecule has 0 heterocycles. The predicted molar refractivity (Wildman–Crippen MR) is 70.8 cm³/mol. The highest BCUT2D eigenvalue weighted by atomic mass is 35.5. The zero-order valence-corrected chi connectivity index (χ0v) is 10.3. The van der Waals surface area contributed by atoms with Crippen molar-refractivity contribution in [2.75, 3.05) is 11.2 Å². The predicted octanol–water partition coefficient (Wildman–Crippen LogP) is 2.52. The molecule has 0 aliphatic heterocycles. The first-order valence-electron chi connectivity index (χ1n) is 4.94.